The number of benzene rings is 2. The van der Waals surface area contributed by atoms with Crippen molar-refractivity contribution in [1.29, 1.82) is 0 Å². The second-order valence-corrected chi connectivity index (χ2v) is 3.51. The number of H-pyrrole nitrogens is 1. The second-order valence-electron chi connectivity index (χ2n) is 3.51. The van der Waals surface area contributed by atoms with Gasteiger partial charge in [-0.15, -0.1) is 0 Å². The molecule has 0 saturated carbocycles. The van der Waals surface area contributed by atoms with Gasteiger partial charge in [0.1, 0.15) is 0 Å². The number of aromatic nitrogens is 1. The van der Waals surface area contributed by atoms with Crippen LogP contribution in [0.5, 0.6) is 0 Å². The first-order chi connectivity index (χ1) is 7.75. The molecule has 1 aromatic heterocycles. The normalized spacial score (nSPS) is 11.0. The fourth-order valence-electron chi connectivity index (χ4n) is 1.84. The highest BCUT2D eigenvalue weighted by molar-refractivity contribution is 6.04. The minimum absolute atomic E-state index is 0.387. The molecule has 2 aromatic carbocycles. The lowest BCUT2D eigenvalue weighted by molar-refractivity contribution is 0.460. The first-order valence-corrected chi connectivity index (χ1v) is 4.80. The fraction of sp³-hybridized carbons (Fsp3) is 0. The Morgan fingerprint density at radius 1 is 0.938 bits per heavy atom. The number of nitrogens with one attached hydrogen (secondary N) is 1. The topological polar surface area (TPSA) is 63.1 Å². The molecule has 0 atom stereocenters. The minimum atomic E-state index is -0.728. The van der Waals surface area contributed by atoms with E-state index in [9.17, 15) is 9.59 Å². The SMILES string of the molecule is O=c1[nH]c2c(ccc3ccccc32)c(=O)o1. The van der Waals surface area contributed by atoms with Crippen LogP contribution in [0.1, 0.15) is 0 Å². The molecule has 78 valence electrons. The molecule has 0 spiro atoms. The van der Waals surface area contributed by atoms with Gasteiger partial charge in [0.15, 0.2) is 0 Å². The van der Waals surface area contributed by atoms with Crippen molar-refractivity contribution < 1.29 is 4.42 Å². The molecule has 0 bridgehead atoms. The summed E-state index contributed by atoms with van der Waals surface area (Å²) < 4.78 is 4.47. The molecular weight excluding hydrogens is 206 g/mol. The average molecular weight is 213 g/mol. The maximum absolute atomic E-state index is 11.5. The van der Waals surface area contributed by atoms with Crippen LogP contribution in [0.15, 0.2) is 50.4 Å². The van der Waals surface area contributed by atoms with Crippen molar-refractivity contribution in [1.82, 2.24) is 4.98 Å². The zero-order chi connectivity index (χ0) is 11.1. The molecular formula is C12H7NO3. The maximum atomic E-state index is 11.5. The van der Waals surface area contributed by atoms with Crippen molar-refractivity contribution in [2.45, 2.75) is 0 Å². The van der Waals surface area contributed by atoms with Gasteiger partial charge in [-0.3, -0.25) is 4.98 Å². The molecule has 3 aromatic rings. The van der Waals surface area contributed by atoms with Crippen molar-refractivity contribution in [3.05, 3.63) is 57.4 Å². The van der Waals surface area contributed by atoms with Crippen LogP contribution in [-0.2, 0) is 0 Å². The van der Waals surface area contributed by atoms with Gasteiger partial charge in [-0.25, -0.2) is 9.59 Å². The highest BCUT2D eigenvalue weighted by Crippen LogP contribution is 2.20. The van der Waals surface area contributed by atoms with Gasteiger partial charge in [0.05, 0.1) is 10.9 Å². The van der Waals surface area contributed by atoms with E-state index >= 15 is 0 Å². The summed E-state index contributed by atoms with van der Waals surface area (Å²) in [6.07, 6.45) is 0. The number of rotatable bonds is 0. The third-order valence-electron chi connectivity index (χ3n) is 2.56. The van der Waals surface area contributed by atoms with E-state index in [1.807, 2.05) is 30.3 Å². The summed E-state index contributed by atoms with van der Waals surface area (Å²) in [6, 6.07) is 11.0. The Hall–Kier alpha value is -2.36. The van der Waals surface area contributed by atoms with Gasteiger partial charge in [-0.05, 0) is 11.5 Å². The van der Waals surface area contributed by atoms with Crippen LogP contribution in [0.4, 0.5) is 0 Å². The Balaban J connectivity index is 2.70. The van der Waals surface area contributed by atoms with Crippen molar-refractivity contribution in [3.63, 3.8) is 0 Å². The molecule has 0 unspecified atom stereocenters. The Labute approximate surface area is 89.1 Å². The van der Waals surface area contributed by atoms with Crippen LogP contribution in [0, 0.1) is 0 Å². The second kappa shape index (κ2) is 3.06. The Morgan fingerprint density at radius 2 is 1.75 bits per heavy atom. The molecule has 1 heterocycles. The molecule has 16 heavy (non-hydrogen) atoms. The smallest absolute Gasteiger partial charge is 0.372 e. The summed E-state index contributed by atoms with van der Waals surface area (Å²) in [5, 5.41) is 2.19. The summed E-state index contributed by atoms with van der Waals surface area (Å²) in [5.41, 5.74) is -0.0798. The molecule has 0 fully saturated rings. The minimum Gasteiger partial charge on any atom is -0.372 e. The lowest BCUT2D eigenvalue weighted by atomic mass is 10.1. The Kier molecular flexibility index (Phi) is 1.71. The van der Waals surface area contributed by atoms with Gasteiger partial charge in [0.25, 0.3) is 0 Å². The summed E-state index contributed by atoms with van der Waals surface area (Å²) in [5.74, 6) is -0.728. The van der Waals surface area contributed by atoms with Gasteiger partial charge in [0, 0.05) is 5.39 Å². The predicted octanol–water partition coefficient (Wildman–Crippen LogP) is 1.63. The molecule has 0 radical (unpaired) electrons. The molecule has 4 heteroatoms. The van der Waals surface area contributed by atoms with Crippen LogP contribution in [-0.4, -0.2) is 4.98 Å². The lowest BCUT2D eigenvalue weighted by Gasteiger charge is -2.00. The van der Waals surface area contributed by atoms with Crippen LogP contribution < -0.4 is 11.4 Å². The molecule has 0 aliphatic carbocycles. The van der Waals surface area contributed by atoms with Crippen molar-refractivity contribution in [3.8, 4) is 0 Å². The lowest BCUT2D eigenvalue weighted by Crippen LogP contribution is -2.14. The molecule has 0 aliphatic rings. The largest absolute Gasteiger partial charge is 0.419 e. The van der Waals surface area contributed by atoms with Gasteiger partial charge in [-0.1, -0.05) is 30.3 Å². The van der Waals surface area contributed by atoms with Crippen LogP contribution in [0.25, 0.3) is 21.7 Å². The van der Waals surface area contributed by atoms with E-state index in [0.29, 0.717) is 10.9 Å². The molecule has 0 aliphatic heterocycles. The monoisotopic (exact) mass is 213 g/mol. The van der Waals surface area contributed by atoms with Crippen LogP contribution in [0.3, 0.4) is 0 Å². The summed E-state index contributed by atoms with van der Waals surface area (Å²) in [7, 11) is 0. The van der Waals surface area contributed by atoms with E-state index in [4.69, 9.17) is 0 Å². The molecule has 3 rings (SSSR count). The van der Waals surface area contributed by atoms with E-state index in [-0.39, 0.29) is 0 Å². The summed E-state index contributed by atoms with van der Waals surface area (Å²) in [4.78, 5) is 25.1. The highest BCUT2D eigenvalue weighted by Gasteiger charge is 2.05. The quantitative estimate of drug-likeness (QED) is 0.577. The number of aromatic amines is 1. The van der Waals surface area contributed by atoms with Crippen LogP contribution >= 0.6 is 0 Å². The third kappa shape index (κ3) is 1.16. The standard InChI is InChI=1S/C12H7NO3/c14-11-9-6-5-7-3-1-2-4-8(7)10(9)13-12(15)16-11/h1-6H,(H,13,15). The highest BCUT2D eigenvalue weighted by atomic mass is 16.4. The molecule has 1 N–H and O–H groups in total. The van der Waals surface area contributed by atoms with E-state index < -0.39 is 11.4 Å². The van der Waals surface area contributed by atoms with Gasteiger partial charge in [-0.2, -0.15) is 0 Å². The van der Waals surface area contributed by atoms with Crippen molar-refractivity contribution in [2.75, 3.05) is 0 Å². The number of hydrogen-bond donors (Lipinski definition) is 1. The van der Waals surface area contributed by atoms with E-state index in [2.05, 4.69) is 9.40 Å². The average Bonchev–Trinajstić information content (AvgIpc) is 2.28. The Bertz CT molecular complexity index is 798. The molecule has 4 nitrogen and oxygen atoms in total. The van der Waals surface area contributed by atoms with E-state index in [1.54, 1.807) is 6.07 Å². The first-order valence-electron chi connectivity index (χ1n) is 4.80. The molecule has 0 saturated heterocycles. The fourth-order valence-corrected chi connectivity index (χ4v) is 1.84. The first kappa shape index (κ1) is 8.91. The Morgan fingerprint density at radius 3 is 2.62 bits per heavy atom. The zero-order valence-corrected chi connectivity index (χ0v) is 8.19. The van der Waals surface area contributed by atoms with Gasteiger partial charge in [0.2, 0.25) is 0 Å². The van der Waals surface area contributed by atoms with Gasteiger partial charge >= 0.3 is 11.4 Å². The zero-order valence-electron chi connectivity index (χ0n) is 8.19. The number of hydrogen-bond acceptors (Lipinski definition) is 3. The number of fused-ring (bicyclic) bond motifs is 3. The van der Waals surface area contributed by atoms with Crippen molar-refractivity contribution in [2.24, 2.45) is 0 Å². The third-order valence-corrected chi connectivity index (χ3v) is 2.56. The predicted molar refractivity (Wildman–Crippen MR) is 60.6 cm³/mol. The summed E-state index contributed by atoms with van der Waals surface area (Å²) >= 11 is 0. The van der Waals surface area contributed by atoms with Crippen LogP contribution in [0.2, 0.25) is 0 Å². The maximum Gasteiger partial charge on any atom is 0.419 e. The van der Waals surface area contributed by atoms with E-state index in [0.717, 1.165) is 10.8 Å². The van der Waals surface area contributed by atoms with Crippen molar-refractivity contribution >= 4 is 21.7 Å². The van der Waals surface area contributed by atoms with E-state index in [1.165, 1.54) is 0 Å². The molecule has 0 amide bonds. The summed E-state index contributed by atoms with van der Waals surface area (Å²) in [6.45, 7) is 0. The van der Waals surface area contributed by atoms with Gasteiger partial charge < -0.3 is 4.42 Å².